The molecule has 2 aliphatic heterocycles. The summed E-state index contributed by atoms with van der Waals surface area (Å²) in [6, 6.07) is -2.85. The molecule has 2 heterocycles. The molecule has 0 N–H and O–H groups in total. The summed E-state index contributed by atoms with van der Waals surface area (Å²) in [7, 11) is 1.35. The molecule has 2 rings (SSSR count). The summed E-state index contributed by atoms with van der Waals surface area (Å²) in [5, 5.41) is 0. The molecule has 0 saturated carbocycles. The van der Waals surface area contributed by atoms with Gasteiger partial charge in [0.15, 0.2) is 12.1 Å². The van der Waals surface area contributed by atoms with Crippen LogP contribution in [0, 0.1) is 0 Å². The quantitative estimate of drug-likeness (QED) is 0.370. The van der Waals surface area contributed by atoms with Crippen molar-refractivity contribution >= 4 is 39.8 Å². The van der Waals surface area contributed by atoms with Crippen LogP contribution in [-0.4, -0.2) is 57.6 Å². The van der Waals surface area contributed by atoms with E-state index in [0.717, 1.165) is 9.80 Å². The number of hydrogen-bond donors (Lipinski definition) is 0. The predicted molar refractivity (Wildman–Crippen MR) is 57.1 cm³/mol. The van der Waals surface area contributed by atoms with Crippen LogP contribution in [0.2, 0.25) is 0 Å². The molecule has 2 saturated heterocycles. The number of hydrogen-bond acceptors (Lipinski definition) is 5. The lowest BCUT2D eigenvalue weighted by atomic mass is 10.1. The molecule has 0 spiro atoms. The number of carbonyl (C=O) groups excluding carboxylic acids is 4. The van der Waals surface area contributed by atoms with Gasteiger partial charge >= 0.3 is 18.0 Å². The minimum Gasteiger partial charge on any atom is -0.390 e. The monoisotopic (exact) mass is 304 g/mol. The Morgan fingerprint density at radius 1 is 1.29 bits per heavy atom. The Labute approximate surface area is 105 Å². The molecule has 8 heteroatoms. The van der Waals surface area contributed by atoms with Crippen LogP contribution in [0.15, 0.2) is 0 Å². The van der Waals surface area contributed by atoms with Gasteiger partial charge in [0.05, 0.1) is 4.83 Å². The fourth-order valence-electron chi connectivity index (χ4n) is 1.93. The number of fused-ring (bicyclic) bond motifs is 1. The first-order valence-electron chi connectivity index (χ1n) is 4.85. The zero-order valence-corrected chi connectivity index (χ0v) is 10.6. The van der Waals surface area contributed by atoms with Crippen LogP contribution in [0.4, 0.5) is 4.79 Å². The van der Waals surface area contributed by atoms with Gasteiger partial charge in [-0.1, -0.05) is 15.9 Å². The van der Waals surface area contributed by atoms with E-state index in [1.165, 1.54) is 14.0 Å². The van der Waals surface area contributed by atoms with E-state index in [0.29, 0.717) is 0 Å². The second-order valence-corrected chi connectivity index (χ2v) is 5.22. The van der Waals surface area contributed by atoms with Crippen molar-refractivity contribution in [2.24, 2.45) is 0 Å². The first-order chi connectivity index (χ1) is 7.86. The third kappa shape index (κ3) is 1.54. The summed E-state index contributed by atoms with van der Waals surface area (Å²) in [4.78, 5) is 47.7. The van der Waals surface area contributed by atoms with E-state index >= 15 is 0 Å². The molecule has 0 aromatic carbocycles. The maximum absolute atomic E-state index is 11.8. The van der Waals surface area contributed by atoms with Gasteiger partial charge in [-0.3, -0.25) is 4.79 Å². The molecule has 3 amide bonds. The van der Waals surface area contributed by atoms with E-state index in [-0.39, 0.29) is 0 Å². The lowest BCUT2D eigenvalue weighted by molar-refractivity contribution is -0.155. The van der Waals surface area contributed by atoms with Gasteiger partial charge in [0.2, 0.25) is 5.91 Å². The van der Waals surface area contributed by atoms with Gasteiger partial charge in [-0.15, -0.1) is 0 Å². The molecular weight excluding hydrogens is 296 g/mol. The Balaban J connectivity index is 2.41. The zero-order chi connectivity index (χ0) is 12.9. The summed E-state index contributed by atoms with van der Waals surface area (Å²) < 4.78 is 4.43. The van der Waals surface area contributed by atoms with Gasteiger partial charge < -0.3 is 9.64 Å². The SMILES string of the molecule is CC(Br)C(=O)N1C(=O)N(C)[C@H]2C(=O)OC(=O)[C@H]21. The number of amides is 3. The number of likely N-dealkylation sites (N-methyl/N-ethyl adjacent to an activating group) is 1. The van der Waals surface area contributed by atoms with Gasteiger partial charge in [-0.2, -0.15) is 0 Å². The standard InChI is InChI=1S/C9H9BrN2O5/c1-3(10)6(13)12-5-4(11(2)9(12)16)7(14)17-8(5)15/h3-5H,1-2H3/t3?,4-,5+/m1/s1. The van der Waals surface area contributed by atoms with Crippen molar-refractivity contribution in [1.29, 1.82) is 0 Å². The van der Waals surface area contributed by atoms with E-state index in [1.54, 1.807) is 0 Å². The molecule has 17 heavy (non-hydrogen) atoms. The fourth-order valence-corrected chi connectivity index (χ4v) is 2.15. The molecule has 0 radical (unpaired) electrons. The number of nitrogens with zero attached hydrogens (tertiary/aromatic N) is 2. The Morgan fingerprint density at radius 2 is 1.82 bits per heavy atom. The number of cyclic esters (lactones) is 2. The third-order valence-corrected chi connectivity index (χ3v) is 3.16. The second-order valence-electron chi connectivity index (χ2n) is 3.85. The molecule has 2 fully saturated rings. The molecule has 3 atom stereocenters. The minimum atomic E-state index is -1.16. The Kier molecular flexibility index (Phi) is 2.69. The summed E-state index contributed by atoms with van der Waals surface area (Å²) in [5.41, 5.74) is 0. The van der Waals surface area contributed by atoms with Crippen molar-refractivity contribution in [3.8, 4) is 0 Å². The summed E-state index contributed by atoms with van der Waals surface area (Å²) in [6.07, 6.45) is 0. The average Bonchev–Trinajstić information content (AvgIpc) is 2.66. The van der Waals surface area contributed by atoms with Gasteiger partial charge in [0, 0.05) is 7.05 Å². The molecule has 0 aromatic rings. The molecule has 1 unspecified atom stereocenters. The number of halogens is 1. The largest absolute Gasteiger partial charge is 0.390 e. The van der Waals surface area contributed by atoms with Crippen LogP contribution in [0.1, 0.15) is 6.92 Å². The van der Waals surface area contributed by atoms with E-state index in [4.69, 9.17) is 0 Å². The number of imide groups is 1. The Hall–Kier alpha value is -1.44. The third-order valence-electron chi connectivity index (χ3n) is 2.76. The first-order valence-corrected chi connectivity index (χ1v) is 5.77. The molecule has 2 aliphatic rings. The maximum atomic E-state index is 11.8. The lowest BCUT2D eigenvalue weighted by Gasteiger charge is -2.18. The first kappa shape index (κ1) is 12.0. The number of ether oxygens (including phenoxy) is 1. The smallest absolute Gasteiger partial charge is 0.339 e. The van der Waals surface area contributed by atoms with Crippen LogP contribution >= 0.6 is 15.9 Å². The summed E-state index contributed by atoms with van der Waals surface area (Å²) in [5.74, 6) is -2.23. The highest BCUT2D eigenvalue weighted by Crippen LogP contribution is 2.29. The number of esters is 2. The van der Waals surface area contributed by atoms with Crippen molar-refractivity contribution in [1.82, 2.24) is 9.80 Å². The Bertz CT molecular complexity index is 435. The highest BCUT2D eigenvalue weighted by molar-refractivity contribution is 9.10. The number of rotatable bonds is 1. The van der Waals surface area contributed by atoms with Crippen LogP contribution in [0.25, 0.3) is 0 Å². The minimum absolute atomic E-state index is 0.569. The zero-order valence-electron chi connectivity index (χ0n) is 9.05. The predicted octanol–water partition coefficient (Wildman–Crippen LogP) is -0.516. The highest BCUT2D eigenvalue weighted by atomic mass is 79.9. The van der Waals surface area contributed by atoms with Gasteiger partial charge in [0.1, 0.15) is 0 Å². The second kappa shape index (κ2) is 3.80. The molecule has 0 aromatic heterocycles. The van der Waals surface area contributed by atoms with Crippen LogP contribution in [0.3, 0.4) is 0 Å². The molecular formula is C9H9BrN2O5. The number of alkyl halides is 1. The fraction of sp³-hybridized carbons (Fsp3) is 0.556. The molecule has 7 nitrogen and oxygen atoms in total. The van der Waals surface area contributed by atoms with Crippen molar-refractivity contribution in [3.63, 3.8) is 0 Å². The van der Waals surface area contributed by atoms with Crippen molar-refractivity contribution in [3.05, 3.63) is 0 Å². The molecule has 0 aliphatic carbocycles. The topological polar surface area (TPSA) is 84.0 Å². The van der Waals surface area contributed by atoms with E-state index < -0.39 is 40.8 Å². The van der Waals surface area contributed by atoms with Gasteiger partial charge in [-0.25, -0.2) is 19.3 Å². The van der Waals surface area contributed by atoms with E-state index in [2.05, 4.69) is 20.7 Å². The van der Waals surface area contributed by atoms with Crippen molar-refractivity contribution in [2.75, 3.05) is 7.05 Å². The van der Waals surface area contributed by atoms with Gasteiger partial charge in [0.25, 0.3) is 0 Å². The number of carbonyl (C=O) groups is 4. The van der Waals surface area contributed by atoms with E-state index in [1.807, 2.05) is 0 Å². The molecule has 92 valence electrons. The summed E-state index contributed by atoms with van der Waals surface area (Å²) >= 11 is 3.03. The average molecular weight is 305 g/mol. The maximum Gasteiger partial charge on any atom is 0.339 e. The normalized spacial score (nSPS) is 29.5. The van der Waals surface area contributed by atoms with Gasteiger partial charge in [-0.05, 0) is 6.92 Å². The van der Waals surface area contributed by atoms with Crippen LogP contribution < -0.4 is 0 Å². The number of urea groups is 1. The summed E-state index contributed by atoms with van der Waals surface area (Å²) in [6.45, 7) is 1.53. The van der Waals surface area contributed by atoms with Crippen LogP contribution in [-0.2, 0) is 19.1 Å². The lowest BCUT2D eigenvalue weighted by Crippen LogP contribution is -2.46. The van der Waals surface area contributed by atoms with E-state index in [9.17, 15) is 19.2 Å². The highest BCUT2D eigenvalue weighted by Gasteiger charge is 2.60. The molecule has 0 bridgehead atoms. The van der Waals surface area contributed by atoms with Crippen molar-refractivity contribution < 1.29 is 23.9 Å². The Morgan fingerprint density at radius 3 is 2.35 bits per heavy atom. The van der Waals surface area contributed by atoms with Crippen LogP contribution in [0.5, 0.6) is 0 Å². The van der Waals surface area contributed by atoms with Crippen molar-refractivity contribution in [2.45, 2.75) is 23.8 Å².